The van der Waals surface area contributed by atoms with Gasteiger partial charge in [-0.05, 0) is 20.0 Å². The Morgan fingerprint density at radius 2 is 1.47 bits per heavy atom. The van der Waals surface area contributed by atoms with Crippen molar-refractivity contribution in [1.29, 1.82) is 0 Å². The number of likely N-dealkylation sites (N-methyl/N-ethyl adjacent to an activating group) is 1. The molecular formula is C14H29N. The van der Waals surface area contributed by atoms with Gasteiger partial charge in [-0.2, -0.15) is 0 Å². The summed E-state index contributed by atoms with van der Waals surface area (Å²) in [6, 6.07) is 0. The number of unbranched alkanes of at least 4 members (excludes halogenated alkanes) is 7. The lowest BCUT2D eigenvalue weighted by molar-refractivity contribution is 0.356. The quantitative estimate of drug-likeness (QED) is 0.365. The topological polar surface area (TPSA) is 3.24 Å². The molecule has 0 aromatic rings. The van der Waals surface area contributed by atoms with Gasteiger partial charge in [-0.15, -0.1) is 6.58 Å². The van der Waals surface area contributed by atoms with E-state index in [9.17, 15) is 0 Å². The minimum atomic E-state index is 1.02. The first-order chi connectivity index (χ1) is 7.31. The van der Waals surface area contributed by atoms with Crippen LogP contribution in [0.3, 0.4) is 0 Å². The fourth-order valence-electron chi connectivity index (χ4n) is 1.83. The second kappa shape index (κ2) is 11.8. The Morgan fingerprint density at radius 3 is 2.00 bits per heavy atom. The van der Waals surface area contributed by atoms with E-state index in [1.807, 2.05) is 6.08 Å². The van der Waals surface area contributed by atoms with Crippen molar-refractivity contribution < 1.29 is 0 Å². The summed E-state index contributed by atoms with van der Waals surface area (Å²) in [5, 5.41) is 0. The first-order valence-corrected chi connectivity index (χ1v) is 6.60. The molecule has 0 bridgehead atoms. The van der Waals surface area contributed by atoms with Gasteiger partial charge in [0.25, 0.3) is 0 Å². The third-order valence-corrected chi connectivity index (χ3v) is 2.83. The summed E-state index contributed by atoms with van der Waals surface area (Å²) in [6.07, 6.45) is 13.2. The summed E-state index contributed by atoms with van der Waals surface area (Å²) in [5.41, 5.74) is 0. The number of nitrogens with zero attached hydrogens (tertiary/aromatic N) is 1. The van der Waals surface area contributed by atoms with Gasteiger partial charge in [0.2, 0.25) is 0 Å². The van der Waals surface area contributed by atoms with Crippen molar-refractivity contribution in [2.24, 2.45) is 0 Å². The smallest absolute Gasteiger partial charge is 0.0157 e. The SMILES string of the molecule is C=CCN(C)CCCCCCCCCC. The van der Waals surface area contributed by atoms with Gasteiger partial charge in [-0.25, -0.2) is 0 Å². The first kappa shape index (κ1) is 14.7. The summed E-state index contributed by atoms with van der Waals surface area (Å²) in [7, 11) is 2.17. The van der Waals surface area contributed by atoms with Crippen LogP contribution in [-0.2, 0) is 0 Å². The van der Waals surface area contributed by atoms with Crippen LogP contribution in [-0.4, -0.2) is 25.0 Å². The van der Waals surface area contributed by atoms with E-state index in [1.54, 1.807) is 0 Å². The Hall–Kier alpha value is -0.300. The van der Waals surface area contributed by atoms with E-state index in [4.69, 9.17) is 0 Å². The summed E-state index contributed by atoms with van der Waals surface area (Å²) in [6.45, 7) is 8.27. The van der Waals surface area contributed by atoms with Crippen molar-refractivity contribution in [1.82, 2.24) is 4.90 Å². The average Bonchev–Trinajstić information content (AvgIpc) is 2.22. The van der Waals surface area contributed by atoms with Crippen LogP contribution in [0.2, 0.25) is 0 Å². The van der Waals surface area contributed by atoms with Crippen molar-refractivity contribution in [2.45, 2.75) is 58.3 Å². The van der Waals surface area contributed by atoms with Crippen LogP contribution in [0.15, 0.2) is 12.7 Å². The first-order valence-electron chi connectivity index (χ1n) is 6.60. The highest BCUT2D eigenvalue weighted by Crippen LogP contribution is 2.08. The molecule has 0 N–H and O–H groups in total. The molecule has 1 heteroatoms. The summed E-state index contributed by atoms with van der Waals surface area (Å²) in [4.78, 5) is 2.34. The molecule has 0 saturated heterocycles. The van der Waals surface area contributed by atoms with Gasteiger partial charge in [0.15, 0.2) is 0 Å². The maximum Gasteiger partial charge on any atom is 0.0157 e. The molecule has 0 fully saturated rings. The van der Waals surface area contributed by atoms with Crippen molar-refractivity contribution in [3.8, 4) is 0 Å². The van der Waals surface area contributed by atoms with Crippen LogP contribution in [0, 0.1) is 0 Å². The molecule has 0 atom stereocenters. The van der Waals surface area contributed by atoms with Crippen LogP contribution in [0.1, 0.15) is 58.3 Å². The fraction of sp³-hybridized carbons (Fsp3) is 0.857. The lowest BCUT2D eigenvalue weighted by Crippen LogP contribution is -2.19. The predicted octanol–water partition coefficient (Wildman–Crippen LogP) is 4.24. The third-order valence-electron chi connectivity index (χ3n) is 2.83. The molecule has 90 valence electrons. The second-order valence-electron chi connectivity index (χ2n) is 4.53. The molecule has 1 nitrogen and oxygen atoms in total. The monoisotopic (exact) mass is 211 g/mol. The molecule has 15 heavy (non-hydrogen) atoms. The van der Waals surface area contributed by atoms with Gasteiger partial charge < -0.3 is 4.90 Å². The third kappa shape index (κ3) is 11.6. The molecule has 0 aliphatic rings. The maximum atomic E-state index is 3.75. The number of rotatable bonds is 11. The largest absolute Gasteiger partial charge is 0.303 e. The standard InChI is InChI=1S/C14H29N/c1-4-6-7-8-9-10-11-12-14-15(3)13-5-2/h5H,2,4,6-14H2,1,3H3. The number of hydrogen-bond donors (Lipinski definition) is 0. The molecule has 0 heterocycles. The lowest BCUT2D eigenvalue weighted by Gasteiger charge is -2.13. The normalized spacial score (nSPS) is 10.9. The van der Waals surface area contributed by atoms with Crippen molar-refractivity contribution >= 4 is 0 Å². The molecule has 0 aromatic heterocycles. The molecule has 0 saturated carbocycles. The van der Waals surface area contributed by atoms with Gasteiger partial charge in [-0.3, -0.25) is 0 Å². The summed E-state index contributed by atoms with van der Waals surface area (Å²) in [5.74, 6) is 0. The molecule has 0 aromatic carbocycles. The van der Waals surface area contributed by atoms with E-state index in [1.165, 1.54) is 57.9 Å². The fourth-order valence-corrected chi connectivity index (χ4v) is 1.83. The van der Waals surface area contributed by atoms with Crippen molar-refractivity contribution in [3.63, 3.8) is 0 Å². The zero-order chi connectivity index (χ0) is 11.4. The van der Waals surface area contributed by atoms with Gasteiger partial charge in [0.05, 0.1) is 0 Å². The van der Waals surface area contributed by atoms with Crippen LogP contribution in [0.25, 0.3) is 0 Å². The summed E-state index contributed by atoms with van der Waals surface area (Å²) < 4.78 is 0. The lowest BCUT2D eigenvalue weighted by atomic mass is 10.1. The number of hydrogen-bond acceptors (Lipinski definition) is 1. The zero-order valence-corrected chi connectivity index (χ0v) is 10.8. The minimum absolute atomic E-state index is 1.02. The Morgan fingerprint density at radius 1 is 0.933 bits per heavy atom. The summed E-state index contributed by atoms with van der Waals surface area (Å²) >= 11 is 0. The Bertz CT molecular complexity index is 131. The highest BCUT2D eigenvalue weighted by Gasteiger charge is 1.95. The van der Waals surface area contributed by atoms with Crippen molar-refractivity contribution in [2.75, 3.05) is 20.1 Å². The average molecular weight is 211 g/mol. The van der Waals surface area contributed by atoms with Crippen LogP contribution in [0.5, 0.6) is 0 Å². The van der Waals surface area contributed by atoms with Crippen LogP contribution >= 0.6 is 0 Å². The molecule has 0 radical (unpaired) electrons. The highest BCUT2D eigenvalue weighted by molar-refractivity contribution is 4.70. The second-order valence-corrected chi connectivity index (χ2v) is 4.53. The van der Waals surface area contributed by atoms with E-state index in [2.05, 4.69) is 25.5 Å². The minimum Gasteiger partial charge on any atom is -0.303 e. The predicted molar refractivity (Wildman–Crippen MR) is 70.3 cm³/mol. The maximum absolute atomic E-state index is 3.75. The van der Waals surface area contributed by atoms with E-state index < -0.39 is 0 Å². The van der Waals surface area contributed by atoms with Crippen LogP contribution < -0.4 is 0 Å². The molecule has 0 amide bonds. The Kier molecular flexibility index (Phi) is 11.5. The van der Waals surface area contributed by atoms with E-state index >= 15 is 0 Å². The Balaban J connectivity index is 3.01. The molecule has 0 spiro atoms. The van der Waals surface area contributed by atoms with E-state index in [0.29, 0.717) is 0 Å². The van der Waals surface area contributed by atoms with Gasteiger partial charge in [0.1, 0.15) is 0 Å². The van der Waals surface area contributed by atoms with Crippen LogP contribution in [0.4, 0.5) is 0 Å². The van der Waals surface area contributed by atoms with E-state index in [-0.39, 0.29) is 0 Å². The van der Waals surface area contributed by atoms with Gasteiger partial charge in [0, 0.05) is 6.54 Å². The molecule has 0 rings (SSSR count). The zero-order valence-electron chi connectivity index (χ0n) is 10.8. The van der Waals surface area contributed by atoms with E-state index in [0.717, 1.165) is 6.54 Å². The Labute approximate surface area is 96.6 Å². The molecule has 0 aliphatic carbocycles. The van der Waals surface area contributed by atoms with Crippen molar-refractivity contribution in [3.05, 3.63) is 12.7 Å². The van der Waals surface area contributed by atoms with Gasteiger partial charge in [-0.1, -0.05) is 57.9 Å². The molecule has 0 unspecified atom stereocenters. The molecular weight excluding hydrogens is 182 g/mol. The molecule has 0 aliphatic heterocycles. The highest BCUT2D eigenvalue weighted by atomic mass is 15.1. The van der Waals surface area contributed by atoms with Gasteiger partial charge >= 0.3 is 0 Å².